The summed E-state index contributed by atoms with van der Waals surface area (Å²) in [5.41, 5.74) is -9.70. The summed E-state index contributed by atoms with van der Waals surface area (Å²) in [6.07, 6.45) is -11.9. The number of nitrogens with zero attached hydrogens (tertiary/aromatic N) is 2. The fourth-order valence-electron chi connectivity index (χ4n) is 5.42. The van der Waals surface area contributed by atoms with Crippen LogP contribution in [0, 0.1) is 6.92 Å². The first-order valence-electron chi connectivity index (χ1n) is 14.6. The van der Waals surface area contributed by atoms with Crippen LogP contribution in [0.2, 0.25) is 5.02 Å². The average Bonchev–Trinajstić information content (AvgIpc) is 3.00. The summed E-state index contributed by atoms with van der Waals surface area (Å²) in [7, 11) is -2.49. The number of aryl methyl sites for hydroxylation is 1. The first kappa shape index (κ1) is 39.1. The number of aromatic nitrogens is 2. The van der Waals surface area contributed by atoms with Gasteiger partial charge in [0.25, 0.3) is 17.4 Å². The first-order valence-corrected chi connectivity index (χ1v) is 17.1. The molecule has 2 N–H and O–H groups in total. The molecule has 10 nitrogen and oxygen atoms in total. The number of nitrogens with one attached hydrogen (secondary N) is 2. The molecule has 4 aromatic rings. The molecule has 2 amide bonds. The van der Waals surface area contributed by atoms with Crippen LogP contribution in [0.15, 0.2) is 64.2 Å². The van der Waals surface area contributed by atoms with E-state index < -0.39 is 67.9 Å². The van der Waals surface area contributed by atoms with Gasteiger partial charge in [-0.2, -0.15) is 26.3 Å². The lowest BCUT2D eigenvalue weighted by Crippen LogP contribution is -2.50. The Morgan fingerprint density at radius 2 is 1.55 bits per heavy atom. The van der Waals surface area contributed by atoms with Gasteiger partial charge in [0.15, 0.2) is 0 Å². The molecular formula is C32H28ClF7N4O6S. The molecule has 0 saturated heterocycles. The van der Waals surface area contributed by atoms with Crippen molar-refractivity contribution in [1.82, 2.24) is 14.5 Å². The van der Waals surface area contributed by atoms with E-state index in [0.717, 1.165) is 17.9 Å². The molecule has 19 heteroatoms. The third-order valence-corrected chi connectivity index (χ3v) is 9.23. The Hall–Kier alpha value is -4.71. The molecule has 51 heavy (non-hydrogen) atoms. The number of amides is 2. The Labute approximate surface area is 289 Å². The van der Waals surface area contributed by atoms with E-state index in [2.05, 4.69) is 10.6 Å². The van der Waals surface area contributed by atoms with Crippen LogP contribution in [0.5, 0.6) is 0 Å². The third-order valence-electron chi connectivity index (χ3n) is 7.81. The molecule has 0 bridgehead atoms. The van der Waals surface area contributed by atoms with Gasteiger partial charge in [-0.1, -0.05) is 35.9 Å². The highest BCUT2D eigenvalue weighted by atomic mass is 35.5. The van der Waals surface area contributed by atoms with Gasteiger partial charge in [-0.25, -0.2) is 17.6 Å². The van der Waals surface area contributed by atoms with Gasteiger partial charge in [0, 0.05) is 30.6 Å². The zero-order valence-corrected chi connectivity index (χ0v) is 28.5. The van der Waals surface area contributed by atoms with Crippen molar-refractivity contribution < 1.29 is 48.7 Å². The number of hydrogen-bond donors (Lipinski definition) is 2. The summed E-state index contributed by atoms with van der Waals surface area (Å²) in [5, 5.41) is 4.25. The Morgan fingerprint density at radius 3 is 2.12 bits per heavy atom. The average molecular weight is 765 g/mol. The fraction of sp³-hybridized carbons (Fsp3) is 0.312. The standard InChI is InChI=1S/C32H28ClF7N4O6S/c1-16-12-18(8-10-23(16)42-26(45)20-6-5-7-22(33)25(20)27(46)41-17(2)15-51(4,49)50)14-44-24-11-9-19(13-21(24)28(47)43(3)29(44)48)30(34,31(35,36)37)32(38,39)40/h5-13,17H,14-15H2,1-4H3,(H,41,46)(H,42,45)/t17-/m0/s1. The van der Waals surface area contributed by atoms with Gasteiger partial charge in [-0.3, -0.25) is 23.5 Å². The van der Waals surface area contributed by atoms with Crippen molar-refractivity contribution in [3.05, 3.63) is 108 Å². The zero-order chi connectivity index (χ0) is 38.4. The van der Waals surface area contributed by atoms with E-state index in [1.54, 1.807) is 6.92 Å². The lowest BCUT2D eigenvalue weighted by Gasteiger charge is -2.30. The van der Waals surface area contributed by atoms with Gasteiger partial charge in [0.1, 0.15) is 9.84 Å². The van der Waals surface area contributed by atoms with Crippen molar-refractivity contribution in [3.8, 4) is 0 Å². The lowest BCUT2D eigenvalue weighted by atomic mass is 9.93. The van der Waals surface area contributed by atoms with E-state index in [9.17, 15) is 58.3 Å². The highest BCUT2D eigenvalue weighted by Crippen LogP contribution is 2.53. The van der Waals surface area contributed by atoms with Gasteiger partial charge in [-0.15, -0.1) is 0 Å². The number of fused-ring (bicyclic) bond motifs is 1. The van der Waals surface area contributed by atoms with Crippen LogP contribution >= 0.6 is 11.6 Å². The predicted octanol–water partition coefficient (Wildman–Crippen LogP) is 5.41. The zero-order valence-electron chi connectivity index (χ0n) is 27.0. The maximum absolute atomic E-state index is 14.8. The minimum absolute atomic E-state index is 0.0881. The number of sulfone groups is 1. The molecule has 3 aromatic carbocycles. The molecule has 274 valence electrons. The number of benzene rings is 3. The van der Waals surface area contributed by atoms with E-state index in [-0.39, 0.29) is 51.8 Å². The van der Waals surface area contributed by atoms with Crippen LogP contribution in [0.1, 0.15) is 44.3 Å². The molecule has 0 aliphatic carbocycles. The number of alkyl halides is 7. The molecule has 4 rings (SSSR count). The normalized spacial score (nSPS) is 13.3. The Balaban J connectivity index is 1.67. The van der Waals surface area contributed by atoms with Crippen LogP contribution in [0.4, 0.5) is 36.4 Å². The van der Waals surface area contributed by atoms with E-state index in [1.165, 1.54) is 43.3 Å². The largest absolute Gasteiger partial charge is 0.435 e. The van der Waals surface area contributed by atoms with E-state index >= 15 is 0 Å². The Bertz CT molecular complexity index is 2270. The highest BCUT2D eigenvalue weighted by Gasteiger charge is 2.73. The number of hydrogen-bond acceptors (Lipinski definition) is 6. The summed E-state index contributed by atoms with van der Waals surface area (Å²) in [6.45, 7) is 2.65. The van der Waals surface area contributed by atoms with Crippen molar-refractivity contribution in [2.75, 3.05) is 17.3 Å². The minimum Gasteiger partial charge on any atom is -0.348 e. The minimum atomic E-state index is -6.42. The quantitative estimate of drug-likeness (QED) is 0.219. The van der Waals surface area contributed by atoms with Gasteiger partial charge >= 0.3 is 23.7 Å². The maximum Gasteiger partial charge on any atom is 0.435 e. The Morgan fingerprint density at radius 1 is 0.922 bits per heavy atom. The van der Waals surface area contributed by atoms with Gasteiger partial charge < -0.3 is 10.6 Å². The molecular weight excluding hydrogens is 737 g/mol. The smallest absolute Gasteiger partial charge is 0.348 e. The van der Waals surface area contributed by atoms with E-state index in [4.69, 9.17) is 11.6 Å². The van der Waals surface area contributed by atoms with Crippen LogP contribution in [0.3, 0.4) is 0 Å². The lowest BCUT2D eigenvalue weighted by molar-refractivity contribution is -0.348. The van der Waals surface area contributed by atoms with Crippen molar-refractivity contribution in [2.24, 2.45) is 7.05 Å². The SMILES string of the molecule is Cc1cc(Cn2c(=O)n(C)c(=O)c3cc(C(F)(C(F)(F)F)C(F)(F)F)ccc32)ccc1NC(=O)c1cccc(Cl)c1C(=O)N[C@@H](C)CS(C)(=O)=O. The summed E-state index contributed by atoms with van der Waals surface area (Å²) < 4.78 is 120. The van der Waals surface area contributed by atoms with Gasteiger partial charge in [-0.05, 0) is 55.3 Å². The predicted molar refractivity (Wildman–Crippen MR) is 175 cm³/mol. The molecule has 0 spiro atoms. The van der Waals surface area contributed by atoms with Crippen LogP contribution in [0.25, 0.3) is 10.9 Å². The second-order valence-corrected chi connectivity index (χ2v) is 14.4. The number of carbonyl (C=O) groups is 2. The maximum atomic E-state index is 14.8. The number of anilines is 1. The molecule has 0 aliphatic rings. The summed E-state index contributed by atoms with van der Waals surface area (Å²) >= 11 is 6.24. The number of rotatable bonds is 9. The topological polar surface area (TPSA) is 136 Å². The van der Waals surface area contributed by atoms with Crippen LogP contribution in [-0.4, -0.2) is 59.8 Å². The monoisotopic (exact) mass is 764 g/mol. The van der Waals surface area contributed by atoms with Crippen molar-refractivity contribution in [3.63, 3.8) is 0 Å². The third kappa shape index (κ3) is 7.80. The second kappa shape index (κ2) is 13.8. The molecule has 0 radical (unpaired) electrons. The van der Waals surface area contributed by atoms with E-state index in [0.29, 0.717) is 21.8 Å². The summed E-state index contributed by atoms with van der Waals surface area (Å²) in [5.74, 6) is -1.94. The fourth-order valence-corrected chi connectivity index (χ4v) is 6.67. The van der Waals surface area contributed by atoms with Crippen LogP contribution < -0.4 is 21.9 Å². The molecule has 1 heterocycles. The van der Waals surface area contributed by atoms with Crippen molar-refractivity contribution >= 4 is 49.8 Å². The van der Waals surface area contributed by atoms with E-state index in [1.807, 2.05) is 0 Å². The van der Waals surface area contributed by atoms with Crippen molar-refractivity contribution in [1.29, 1.82) is 0 Å². The first-order chi connectivity index (χ1) is 23.4. The molecule has 0 saturated carbocycles. The van der Waals surface area contributed by atoms with Crippen molar-refractivity contribution in [2.45, 2.75) is 44.5 Å². The number of carbonyl (C=O) groups excluding carboxylic acids is 2. The molecule has 1 aromatic heterocycles. The summed E-state index contributed by atoms with van der Waals surface area (Å²) in [6, 6.07) is 8.58. The summed E-state index contributed by atoms with van der Waals surface area (Å²) in [4.78, 5) is 52.2. The van der Waals surface area contributed by atoms with Gasteiger partial charge in [0.2, 0.25) is 0 Å². The molecule has 0 unspecified atom stereocenters. The van der Waals surface area contributed by atoms with Gasteiger partial charge in [0.05, 0.1) is 39.4 Å². The highest BCUT2D eigenvalue weighted by molar-refractivity contribution is 7.90. The molecule has 1 atom stereocenters. The number of halogens is 8. The molecule has 0 fully saturated rings. The second-order valence-electron chi connectivity index (χ2n) is 11.9. The molecule has 0 aliphatic heterocycles. The van der Waals surface area contributed by atoms with Crippen LogP contribution in [-0.2, 0) is 29.1 Å². The Kier molecular flexibility index (Phi) is 10.6.